The summed E-state index contributed by atoms with van der Waals surface area (Å²) in [6.45, 7) is 2.79. The van der Waals surface area contributed by atoms with Gasteiger partial charge in [0.1, 0.15) is 0 Å². The summed E-state index contributed by atoms with van der Waals surface area (Å²) in [5.41, 5.74) is 0. The molecule has 6 nitrogen and oxygen atoms in total. The van der Waals surface area contributed by atoms with Gasteiger partial charge in [0.2, 0.25) is 17.7 Å². The van der Waals surface area contributed by atoms with Gasteiger partial charge in [-0.05, 0) is 56.8 Å². The average molecular weight is 376 g/mol. The molecule has 2 saturated heterocycles. The summed E-state index contributed by atoms with van der Waals surface area (Å²) in [4.78, 5) is 43.0. The van der Waals surface area contributed by atoms with Crippen LogP contribution in [0.3, 0.4) is 0 Å². The molecular weight excluding hydrogens is 342 g/mol. The van der Waals surface area contributed by atoms with Gasteiger partial charge >= 0.3 is 0 Å². The predicted molar refractivity (Wildman–Crippen MR) is 102 cm³/mol. The van der Waals surface area contributed by atoms with E-state index < -0.39 is 0 Å². The van der Waals surface area contributed by atoms with E-state index in [1.807, 2.05) is 21.7 Å². The number of hydrogen-bond acceptors (Lipinski definition) is 3. The molecule has 150 valence electrons. The van der Waals surface area contributed by atoms with E-state index in [9.17, 15) is 14.4 Å². The molecule has 4 fully saturated rings. The highest BCUT2D eigenvalue weighted by molar-refractivity contribution is 5.84. The van der Waals surface area contributed by atoms with Gasteiger partial charge in [0, 0.05) is 52.1 Å². The summed E-state index contributed by atoms with van der Waals surface area (Å²) in [5.74, 6) is 2.01. The molecule has 4 aliphatic rings. The molecule has 6 heteroatoms. The number of piperidine rings is 1. The van der Waals surface area contributed by atoms with E-state index in [1.165, 1.54) is 25.7 Å². The second-order valence-corrected chi connectivity index (χ2v) is 9.03. The van der Waals surface area contributed by atoms with Crippen molar-refractivity contribution >= 4 is 17.7 Å². The lowest BCUT2D eigenvalue weighted by atomic mass is 9.94. The molecule has 0 aromatic rings. The topological polar surface area (TPSA) is 60.9 Å². The fraction of sp³-hybridized carbons (Fsp3) is 0.857. The Kier molecular flexibility index (Phi) is 5.42. The first-order valence-electron chi connectivity index (χ1n) is 10.9. The molecule has 27 heavy (non-hydrogen) atoms. The lowest BCUT2D eigenvalue weighted by Gasteiger charge is -2.37. The maximum atomic E-state index is 13.1. The zero-order valence-corrected chi connectivity index (χ0v) is 16.6. The van der Waals surface area contributed by atoms with Crippen LogP contribution in [0.5, 0.6) is 0 Å². The first-order chi connectivity index (χ1) is 13.0. The Balaban J connectivity index is 1.29. The molecule has 3 amide bonds. The van der Waals surface area contributed by atoms with Gasteiger partial charge in [-0.3, -0.25) is 14.4 Å². The molecule has 4 rings (SSSR count). The van der Waals surface area contributed by atoms with Crippen molar-refractivity contribution in [3.8, 4) is 0 Å². The molecule has 0 spiro atoms. The minimum Gasteiger partial charge on any atom is -0.343 e. The number of nitrogens with zero attached hydrogens (tertiary/aromatic N) is 3. The van der Waals surface area contributed by atoms with Crippen molar-refractivity contribution in [2.75, 3.05) is 33.2 Å². The molecule has 2 saturated carbocycles. The zero-order chi connectivity index (χ0) is 19.0. The Morgan fingerprint density at radius 2 is 1.63 bits per heavy atom. The molecule has 1 unspecified atom stereocenters. The van der Waals surface area contributed by atoms with Gasteiger partial charge in [-0.25, -0.2) is 0 Å². The average Bonchev–Trinajstić information content (AvgIpc) is 3.58. The quantitative estimate of drug-likeness (QED) is 0.651. The van der Waals surface area contributed by atoms with Gasteiger partial charge in [-0.15, -0.1) is 0 Å². The van der Waals surface area contributed by atoms with Crippen molar-refractivity contribution in [2.24, 2.45) is 17.8 Å². The molecule has 0 radical (unpaired) electrons. The zero-order valence-electron chi connectivity index (χ0n) is 16.6. The van der Waals surface area contributed by atoms with Gasteiger partial charge in [-0.1, -0.05) is 0 Å². The molecular formula is C21H33N3O3. The van der Waals surface area contributed by atoms with Gasteiger partial charge in [-0.2, -0.15) is 0 Å². The second kappa shape index (κ2) is 7.80. The van der Waals surface area contributed by atoms with Crippen molar-refractivity contribution < 1.29 is 14.4 Å². The Labute approximate surface area is 162 Å². The predicted octanol–water partition coefficient (Wildman–Crippen LogP) is 1.88. The molecule has 0 aromatic carbocycles. The molecule has 0 N–H and O–H groups in total. The highest BCUT2D eigenvalue weighted by Crippen LogP contribution is 2.47. The summed E-state index contributed by atoms with van der Waals surface area (Å²) >= 11 is 0. The number of carbonyl (C=O) groups excluding carboxylic acids is 3. The minimum absolute atomic E-state index is 0.0545. The summed E-state index contributed by atoms with van der Waals surface area (Å²) in [5, 5.41) is 0. The van der Waals surface area contributed by atoms with E-state index in [1.54, 1.807) is 0 Å². The van der Waals surface area contributed by atoms with Crippen LogP contribution in [0, 0.1) is 17.8 Å². The highest BCUT2D eigenvalue weighted by Gasteiger charge is 2.46. The van der Waals surface area contributed by atoms with Crippen molar-refractivity contribution in [2.45, 2.75) is 63.8 Å². The smallest absolute Gasteiger partial charge is 0.227 e. The molecule has 2 aliphatic heterocycles. The Morgan fingerprint density at radius 3 is 2.22 bits per heavy atom. The van der Waals surface area contributed by atoms with Crippen LogP contribution in [0.25, 0.3) is 0 Å². The van der Waals surface area contributed by atoms with Gasteiger partial charge in [0.05, 0.1) is 5.92 Å². The first-order valence-corrected chi connectivity index (χ1v) is 10.9. The van der Waals surface area contributed by atoms with Crippen LogP contribution in [0.2, 0.25) is 0 Å². The molecule has 1 atom stereocenters. The van der Waals surface area contributed by atoms with E-state index in [4.69, 9.17) is 0 Å². The molecule has 2 heterocycles. The van der Waals surface area contributed by atoms with E-state index in [-0.39, 0.29) is 23.6 Å². The van der Waals surface area contributed by atoms with Crippen molar-refractivity contribution in [3.63, 3.8) is 0 Å². The van der Waals surface area contributed by atoms with Crippen LogP contribution in [-0.2, 0) is 14.4 Å². The maximum absolute atomic E-state index is 13.1. The Bertz CT molecular complexity index is 587. The summed E-state index contributed by atoms with van der Waals surface area (Å²) in [6, 6.07) is 0.435. The van der Waals surface area contributed by atoms with Crippen molar-refractivity contribution in [3.05, 3.63) is 0 Å². The summed E-state index contributed by atoms with van der Waals surface area (Å²) in [7, 11) is 1.99. The number of likely N-dealkylation sites (tertiary alicyclic amines) is 2. The SMILES string of the molecule is CN(C(=O)C1CCC(=O)N(CCCN2CCCC2=O)C1)C(C1CC1)C1CC1. The third-order valence-electron chi connectivity index (χ3n) is 6.88. The largest absolute Gasteiger partial charge is 0.343 e. The van der Waals surface area contributed by atoms with Gasteiger partial charge in [0.15, 0.2) is 0 Å². The number of hydrogen-bond donors (Lipinski definition) is 0. The number of rotatable bonds is 8. The standard InChI is InChI=1S/C21H33N3O3/c1-22(20(15-5-6-15)16-7-8-16)21(27)17-9-10-19(26)24(14-17)13-3-12-23-11-2-4-18(23)25/h15-17,20H,2-14H2,1H3. The third kappa shape index (κ3) is 4.30. The molecule has 0 aromatic heterocycles. The van der Waals surface area contributed by atoms with Crippen LogP contribution in [-0.4, -0.2) is 71.7 Å². The minimum atomic E-state index is -0.0545. The van der Waals surface area contributed by atoms with Crippen LogP contribution in [0.4, 0.5) is 0 Å². The number of carbonyl (C=O) groups is 3. The molecule has 2 aliphatic carbocycles. The lowest BCUT2D eigenvalue weighted by molar-refractivity contribution is -0.144. The first kappa shape index (κ1) is 18.8. The van der Waals surface area contributed by atoms with E-state index in [0.717, 1.165) is 25.9 Å². The van der Waals surface area contributed by atoms with Gasteiger partial charge < -0.3 is 14.7 Å². The van der Waals surface area contributed by atoms with Gasteiger partial charge in [0.25, 0.3) is 0 Å². The van der Waals surface area contributed by atoms with Crippen molar-refractivity contribution in [1.29, 1.82) is 0 Å². The van der Waals surface area contributed by atoms with E-state index in [0.29, 0.717) is 50.2 Å². The summed E-state index contributed by atoms with van der Waals surface area (Å²) in [6.07, 6.45) is 8.65. The van der Waals surface area contributed by atoms with Crippen LogP contribution in [0.15, 0.2) is 0 Å². The van der Waals surface area contributed by atoms with Crippen LogP contribution < -0.4 is 0 Å². The molecule has 0 bridgehead atoms. The second-order valence-electron chi connectivity index (χ2n) is 9.03. The van der Waals surface area contributed by atoms with Crippen LogP contribution in [0.1, 0.15) is 57.8 Å². The fourth-order valence-corrected chi connectivity index (χ4v) is 5.05. The van der Waals surface area contributed by atoms with Crippen LogP contribution >= 0.6 is 0 Å². The maximum Gasteiger partial charge on any atom is 0.227 e. The van der Waals surface area contributed by atoms with Crippen molar-refractivity contribution in [1.82, 2.24) is 14.7 Å². The third-order valence-corrected chi connectivity index (χ3v) is 6.88. The van der Waals surface area contributed by atoms with E-state index >= 15 is 0 Å². The monoisotopic (exact) mass is 375 g/mol. The Morgan fingerprint density at radius 1 is 1.00 bits per heavy atom. The number of amides is 3. The fourth-order valence-electron chi connectivity index (χ4n) is 5.05. The van der Waals surface area contributed by atoms with E-state index in [2.05, 4.69) is 0 Å². The summed E-state index contributed by atoms with van der Waals surface area (Å²) < 4.78 is 0. The Hall–Kier alpha value is -1.59. The lowest BCUT2D eigenvalue weighted by Crippen LogP contribution is -2.49. The normalized spacial score (nSPS) is 26.2. The highest BCUT2D eigenvalue weighted by atomic mass is 16.2.